The number of methoxy groups -OCH3 is 1. The summed E-state index contributed by atoms with van der Waals surface area (Å²) >= 11 is 1.58. The van der Waals surface area contributed by atoms with Gasteiger partial charge in [0.05, 0.1) is 12.7 Å². The SMILES string of the molecule is COc1ccc([C@H]2CC(=O)N(c3sc4c(c3C#N)CCCC4)C3=C2C(=O)CCC3)cc1. The van der Waals surface area contributed by atoms with E-state index < -0.39 is 0 Å². The largest absolute Gasteiger partial charge is 0.497 e. The number of carbonyl (C=O) groups excluding carboxylic acids is 2. The number of rotatable bonds is 3. The number of aryl methyl sites for hydroxylation is 1. The number of amides is 1. The minimum absolute atomic E-state index is 0.0237. The van der Waals surface area contributed by atoms with E-state index in [1.807, 2.05) is 24.3 Å². The molecule has 0 unspecified atom stereocenters. The van der Waals surface area contributed by atoms with Crippen LogP contribution in [0.3, 0.4) is 0 Å². The number of allylic oxidation sites excluding steroid dienone is 2. The normalized spacial score (nSPS) is 20.9. The first-order valence-electron chi connectivity index (χ1n) is 10.9. The maximum absolute atomic E-state index is 13.5. The second kappa shape index (κ2) is 7.97. The van der Waals surface area contributed by atoms with Gasteiger partial charge in [0.2, 0.25) is 5.91 Å². The van der Waals surface area contributed by atoms with E-state index >= 15 is 0 Å². The zero-order chi connectivity index (χ0) is 21.5. The highest BCUT2D eigenvalue weighted by atomic mass is 32.1. The average Bonchev–Trinajstić information content (AvgIpc) is 3.16. The maximum atomic E-state index is 13.5. The number of ketones is 1. The molecular weight excluding hydrogens is 408 g/mol. The molecule has 5 rings (SSSR count). The van der Waals surface area contributed by atoms with Crippen LogP contribution >= 0.6 is 11.3 Å². The predicted molar refractivity (Wildman–Crippen MR) is 119 cm³/mol. The molecule has 2 aliphatic carbocycles. The van der Waals surface area contributed by atoms with E-state index in [1.54, 1.807) is 23.3 Å². The molecular formula is C25H24N2O3S. The Labute approximate surface area is 185 Å². The Balaban J connectivity index is 1.64. The molecule has 1 atom stereocenters. The summed E-state index contributed by atoms with van der Waals surface area (Å²) in [6, 6.07) is 10.0. The standard InChI is InChI=1S/C25H24N2O3S/c1-30-16-11-9-15(10-12-16)18-13-23(29)27(20-6-4-7-21(28)24(18)20)25-19(14-26)17-5-2-3-8-22(17)31-25/h9-12,18H,2-8,13H2,1H3/t18-/m1/s1. The van der Waals surface area contributed by atoms with Crippen molar-refractivity contribution in [2.75, 3.05) is 12.0 Å². The molecule has 1 amide bonds. The monoisotopic (exact) mass is 432 g/mol. The summed E-state index contributed by atoms with van der Waals surface area (Å²) in [5.74, 6) is 0.612. The molecule has 2 heterocycles. The maximum Gasteiger partial charge on any atom is 0.232 e. The second-order valence-corrected chi connectivity index (χ2v) is 9.48. The molecule has 0 spiro atoms. The first-order chi connectivity index (χ1) is 15.1. The van der Waals surface area contributed by atoms with Crippen LogP contribution in [0.15, 0.2) is 35.5 Å². The van der Waals surface area contributed by atoms with Crippen LogP contribution in [0.5, 0.6) is 5.75 Å². The van der Waals surface area contributed by atoms with E-state index in [0.29, 0.717) is 18.4 Å². The first-order valence-corrected chi connectivity index (χ1v) is 11.7. The van der Waals surface area contributed by atoms with Gasteiger partial charge in [-0.3, -0.25) is 14.5 Å². The number of nitriles is 1. The highest BCUT2D eigenvalue weighted by molar-refractivity contribution is 7.16. The number of thiophene rings is 1. The van der Waals surface area contributed by atoms with Gasteiger partial charge in [0, 0.05) is 34.9 Å². The second-order valence-electron chi connectivity index (χ2n) is 8.40. The zero-order valence-electron chi connectivity index (χ0n) is 17.6. The lowest BCUT2D eigenvalue weighted by molar-refractivity contribution is -0.119. The smallest absolute Gasteiger partial charge is 0.232 e. The van der Waals surface area contributed by atoms with Gasteiger partial charge in [0.15, 0.2) is 5.78 Å². The van der Waals surface area contributed by atoms with Crippen molar-refractivity contribution in [2.24, 2.45) is 0 Å². The molecule has 0 bridgehead atoms. The molecule has 0 fully saturated rings. The van der Waals surface area contributed by atoms with Crippen molar-refractivity contribution in [3.8, 4) is 11.8 Å². The summed E-state index contributed by atoms with van der Waals surface area (Å²) in [5.41, 5.74) is 4.28. The third-order valence-corrected chi connectivity index (χ3v) is 7.94. The molecule has 0 N–H and O–H groups in total. The fourth-order valence-electron chi connectivity index (χ4n) is 5.17. The van der Waals surface area contributed by atoms with Crippen molar-refractivity contribution in [2.45, 2.75) is 57.3 Å². The van der Waals surface area contributed by atoms with Gasteiger partial charge in [-0.05, 0) is 61.8 Å². The summed E-state index contributed by atoms with van der Waals surface area (Å²) in [6.07, 6.45) is 6.25. The Morgan fingerprint density at radius 3 is 2.58 bits per heavy atom. The summed E-state index contributed by atoms with van der Waals surface area (Å²) in [7, 11) is 1.62. The van der Waals surface area contributed by atoms with Crippen LogP contribution < -0.4 is 9.64 Å². The van der Waals surface area contributed by atoms with Crippen LogP contribution in [0, 0.1) is 11.3 Å². The number of anilines is 1. The van der Waals surface area contributed by atoms with E-state index in [0.717, 1.165) is 65.3 Å². The van der Waals surface area contributed by atoms with Gasteiger partial charge in [-0.2, -0.15) is 5.26 Å². The van der Waals surface area contributed by atoms with Gasteiger partial charge in [-0.15, -0.1) is 11.3 Å². The van der Waals surface area contributed by atoms with Gasteiger partial charge >= 0.3 is 0 Å². The van der Waals surface area contributed by atoms with E-state index in [2.05, 4.69) is 6.07 Å². The topological polar surface area (TPSA) is 70.4 Å². The summed E-state index contributed by atoms with van der Waals surface area (Å²) < 4.78 is 5.26. The Morgan fingerprint density at radius 2 is 1.84 bits per heavy atom. The van der Waals surface area contributed by atoms with Crippen LogP contribution in [-0.2, 0) is 22.4 Å². The minimum atomic E-state index is -0.238. The fraction of sp³-hybridized carbons (Fsp3) is 0.400. The quantitative estimate of drug-likeness (QED) is 0.682. The van der Waals surface area contributed by atoms with E-state index in [-0.39, 0.29) is 24.0 Å². The molecule has 31 heavy (non-hydrogen) atoms. The Morgan fingerprint density at radius 1 is 1.06 bits per heavy atom. The van der Waals surface area contributed by atoms with E-state index in [1.165, 1.54) is 4.88 Å². The van der Waals surface area contributed by atoms with Crippen molar-refractivity contribution >= 4 is 28.0 Å². The molecule has 0 saturated heterocycles. The summed E-state index contributed by atoms with van der Waals surface area (Å²) in [5, 5.41) is 10.7. The van der Waals surface area contributed by atoms with Crippen molar-refractivity contribution in [1.82, 2.24) is 0 Å². The average molecular weight is 433 g/mol. The molecule has 3 aliphatic rings. The van der Waals surface area contributed by atoms with Crippen LogP contribution in [0.4, 0.5) is 5.00 Å². The van der Waals surface area contributed by atoms with Crippen LogP contribution in [0.25, 0.3) is 0 Å². The van der Waals surface area contributed by atoms with Crippen LogP contribution in [-0.4, -0.2) is 18.8 Å². The number of hydrogen-bond donors (Lipinski definition) is 0. The van der Waals surface area contributed by atoms with Gasteiger partial charge < -0.3 is 4.74 Å². The number of nitrogens with zero attached hydrogens (tertiary/aromatic N) is 2. The van der Waals surface area contributed by atoms with Crippen molar-refractivity contribution < 1.29 is 14.3 Å². The van der Waals surface area contributed by atoms with Crippen LogP contribution in [0.1, 0.15) is 66.0 Å². The lowest BCUT2D eigenvalue weighted by Gasteiger charge is -2.37. The summed E-state index contributed by atoms with van der Waals surface area (Å²) in [6.45, 7) is 0. The number of benzene rings is 1. The number of carbonyl (C=O) groups is 2. The molecule has 1 aromatic heterocycles. The van der Waals surface area contributed by atoms with Crippen LogP contribution in [0.2, 0.25) is 0 Å². The molecule has 2 aromatic rings. The molecule has 5 nitrogen and oxygen atoms in total. The Bertz CT molecular complexity index is 1140. The highest BCUT2D eigenvalue weighted by Crippen LogP contribution is 2.48. The van der Waals surface area contributed by atoms with E-state index in [4.69, 9.17) is 4.74 Å². The number of Topliss-reactive ketones (excluding diaryl/α,β-unsaturated/α-hetero) is 1. The lowest BCUT2D eigenvalue weighted by Crippen LogP contribution is -2.40. The summed E-state index contributed by atoms with van der Waals surface area (Å²) in [4.78, 5) is 29.5. The van der Waals surface area contributed by atoms with Gasteiger partial charge in [0.1, 0.15) is 16.8 Å². The third-order valence-electron chi connectivity index (χ3n) is 6.66. The minimum Gasteiger partial charge on any atom is -0.497 e. The van der Waals surface area contributed by atoms with Gasteiger partial charge in [0.25, 0.3) is 0 Å². The van der Waals surface area contributed by atoms with Gasteiger partial charge in [-0.25, -0.2) is 0 Å². The van der Waals surface area contributed by atoms with Crippen molar-refractivity contribution in [3.63, 3.8) is 0 Å². The molecule has 6 heteroatoms. The van der Waals surface area contributed by atoms with Gasteiger partial charge in [-0.1, -0.05) is 12.1 Å². The van der Waals surface area contributed by atoms with Crippen molar-refractivity contribution in [1.29, 1.82) is 5.26 Å². The predicted octanol–water partition coefficient (Wildman–Crippen LogP) is 5.03. The molecule has 158 valence electrons. The molecule has 1 aromatic carbocycles. The zero-order valence-corrected chi connectivity index (χ0v) is 18.4. The third kappa shape index (κ3) is 3.28. The first kappa shape index (κ1) is 20.0. The number of fused-ring (bicyclic) bond motifs is 1. The number of ether oxygens (including phenoxy) is 1. The molecule has 1 aliphatic heterocycles. The Hall–Kier alpha value is -2.91. The molecule has 0 saturated carbocycles. The lowest BCUT2D eigenvalue weighted by atomic mass is 9.77. The molecule has 0 radical (unpaired) electrons. The van der Waals surface area contributed by atoms with Crippen molar-refractivity contribution in [3.05, 3.63) is 57.1 Å². The highest BCUT2D eigenvalue weighted by Gasteiger charge is 2.41. The number of hydrogen-bond acceptors (Lipinski definition) is 5. The van der Waals surface area contributed by atoms with E-state index in [9.17, 15) is 14.9 Å². The fourth-order valence-corrected chi connectivity index (χ4v) is 6.55. The Kier molecular flexibility index (Phi) is 5.15.